The van der Waals surface area contributed by atoms with Crippen LogP contribution in [0.3, 0.4) is 0 Å². The Morgan fingerprint density at radius 1 is 0.390 bits per heavy atom. The van der Waals surface area contributed by atoms with Crippen molar-refractivity contribution in [2.75, 3.05) is 0 Å². The van der Waals surface area contributed by atoms with Crippen LogP contribution in [-0.2, 0) is 0 Å². The minimum atomic E-state index is 1.04. The summed E-state index contributed by atoms with van der Waals surface area (Å²) in [4.78, 5) is 4.98. The van der Waals surface area contributed by atoms with Crippen LogP contribution >= 0.6 is 11.3 Å². The molecule has 0 atom stereocenters. The molecule has 0 saturated carbocycles. The Hall–Kier alpha value is -5.05. The number of hydrogen-bond acceptors (Lipinski definition) is 2. The first-order chi connectivity index (χ1) is 20.4. The van der Waals surface area contributed by atoms with Crippen molar-refractivity contribution in [1.29, 1.82) is 0 Å². The molecule has 0 fully saturated rings. The summed E-state index contributed by atoms with van der Waals surface area (Å²) < 4.78 is 2.65. The van der Waals surface area contributed by atoms with E-state index in [9.17, 15) is 0 Å². The van der Waals surface area contributed by atoms with E-state index in [1.807, 2.05) is 23.6 Å². The van der Waals surface area contributed by atoms with Gasteiger partial charge in [-0.3, -0.25) is 4.98 Å². The van der Waals surface area contributed by atoms with Crippen LogP contribution in [0.1, 0.15) is 0 Å². The molecule has 1 aliphatic carbocycles. The van der Waals surface area contributed by atoms with Gasteiger partial charge in [-0.2, -0.15) is 0 Å². The summed E-state index contributed by atoms with van der Waals surface area (Å²) in [5.74, 6) is 0. The maximum atomic E-state index is 4.98. The minimum absolute atomic E-state index is 1.04. The van der Waals surface area contributed by atoms with E-state index < -0.39 is 0 Å². The number of pyridine rings is 1. The first kappa shape index (κ1) is 22.7. The zero-order valence-corrected chi connectivity index (χ0v) is 23.0. The van der Waals surface area contributed by atoms with Crippen LogP contribution in [0.25, 0.3) is 86.7 Å². The molecule has 1 nitrogen and oxygen atoms in total. The number of benzene rings is 6. The first-order valence-electron chi connectivity index (χ1n) is 14.0. The third-order valence-electron chi connectivity index (χ3n) is 8.51. The molecule has 190 valence electrons. The third kappa shape index (κ3) is 3.26. The van der Waals surface area contributed by atoms with Crippen LogP contribution in [0.2, 0.25) is 0 Å². The Labute approximate surface area is 242 Å². The summed E-state index contributed by atoms with van der Waals surface area (Å²) in [7, 11) is 0. The third-order valence-corrected chi connectivity index (χ3v) is 9.73. The van der Waals surface area contributed by atoms with Gasteiger partial charge < -0.3 is 0 Å². The van der Waals surface area contributed by atoms with E-state index in [0.29, 0.717) is 0 Å². The van der Waals surface area contributed by atoms with Gasteiger partial charge in [-0.1, -0.05) is 121 Å². The van der Waals surface area contributed by atoms with Crippen LogP contribution in [0.5, 0.6) is 0 Å². The minimum Gasteiger partial charge on any atom is -0.256 e. The van der Waals surface area contributed by atoms with Gasteiger partial charge >= 0.3 is 0 Å². The molecule has 0 aliphatic heterocycles. The monoisotopic (exact) mass is 537 g/mol. The number of hydrogen-bond donors (Lipinski definition) is 0. The van der Waals surface area contributed by atoms with Crippen molar-refractivity contribution >= 4 is 42.4 Å². The van der Waals surface area contributed by atoms with Crippen LogP contribution in [0.15, 0.2) is 140 Å². The van der Waals surface area contributed by atoms with Crippen molar-refractivity contribution in [3.8, 4) is 55.6 Å². The summed E-state index contributed by atoms with van der Waals surface area (Å²) in [6, 6.07) is 48.8. The first-order valence-corrected chi connectivity index (χ1v) is 14.8. The largest absolute Gasteiger partial charge is 0.256 e. The molecule has 2 aromatic heterocycles. The lowest BCUT2D eigenvalue weighted by Crippen LogP contribution is -2.00. The molecule has 41 heavy (non-hydrogen) atoms. The molecule has 0 bridgehead atoms. The highest BCUT2D eigenvalue weighted by Crippen LogP contribution is 2.53. The van der Waals surface area contributed by atoms with Gasteiger partial charge in [-0.15, -0.1) is 11.3 Å². The zero-order valence-electron chi connectivity index (χ0n) is 22.1. The fourth-order valence-electron chi connectivity index (χ4n) is 6.77. The highest BCUT2D eigenvalue weighted by Gasteiger charge is 2.26. The van der Waals surface area contributed by atoms with E-state index in [1.165, 1.54) is 75.8 Å². The lowest BCUT2D eigenvalue weighted by molar-refractivity contribution is 1.41. The molecule has 0 amide bonds. The molecular formula is C39H23NS. The number of rotatable bonds is 1. The summed E-state index contributed by atoms with van der Waals surface area (Å²) in [5.41, 5.74) is 13.5. The second-order valence-electron chi connectivity index (χ2n) is 10.7. The molecule has 1 aliphatic rings. The van der Waals surface area contributed by atoms with Gasteiger partial charge in [0.2, 0.25) is 0 Å². The molecule has 0 unspecified atom stereocenters. The second kappa shape index (κ2) is 8.72. The van der Waals surface area contributed by atoms with E-state index in [-0.39, 0.29) is 0 Å². The summed E-state index contributed by atoms with van der Waals surface area (Å²) >= 11 is 1.89. The molecule has 2 heterocycles. The van der Waals surface area contributed by atoms with Crippen LogP contribution in [0, 0.1) is 0 Å². The van der Waals surface area contributed by atoms with E-state index in [1.54, 1.807) is 0 Å². The average Bonchev–Trinajstić information content (AvgIpc) is 3.42. The average molecular weight is 538 g/mol. The van der Waals surface area contributed by atoms with Crippen molar-refractivity contribution < 1.29 is 0 Å². The van der Waals surface area contributed by atoms with Crippen molar-refractivity contribution in [1.82, 2.24) is 4.98 Å². The summed E-state index contributed by atoms with van der Waals surface area (Å²) in [5, 5.41) is 3.79. The van der Waals surface area contributed by atoms with E-state index in [2.05, 4.69) is 127 Å². The van der Waals surface area contributed by atoms with Crippen LogP contribution in [0.4, 0.5) is 0 Å². The molecule has 6 aromatic carbocycles. The Bertz CT molecular complexity index is 2320. The molecular weight excluding hydrogens is 515 g/mol. The number of thiophene rings is 1. The SMILES string of the molecule is c1ccc2c(c1)-c1ccccc1-c1c(ccc3cccnc13)-c1c-2cccc1-c1cccc2c1sc1ccccc12. The normalized spacial score (nSPS) is 11.9. The van der Waals surface area contributed by atoms with E-state index >= 15 is 0 Å². The predicted molar refractivity (Wildman–Crippen MR) is 175 cm³/mol. The smallest absolute Gasteiger partial charge is 0.0786 e. The molecule has 0 saturated heterocycles. The lowest BCUT2D eigenvalue weighted by Gasteiger charge is -2.26. The van der Waals surface area contributed by atoms with E-state index in [0.717, 1.165) is 10.9 Å². The van der Waals surface area contributed by atoms with Gasteiger partial charge in [0.15, 0.2) is 0 Å². The Kier molecular flexibility index (Phi) is 4.84. The second-order valence-corrected chi connectivity index (χ2v) is 11.7. The Morgan fingerprint density at radius 3 is 1.85 bits per heavy atom. The Balaban J connectivity index is 1.49. The fourth-order valence-corrected chi connectivity index (χ4v) is 8.00. The van der Waals surface area contributed by atoms with Gasteiger partial charge in [-0.05, 0) is 56.6 Å². The fraction of sp³-hybridized carbons (Fsp3) is 0. The summed E-state index contributed by atoms with van der Waals surface area (Å²) in [6.07, 6.45) is 1.92. The molecule has 0 radical (unpaired) electrons. The quantitative estimate of drug-likeness (QED) is 0.203. The molecule has 0 N–H and O–H groups in total. The number of fused-ring (bicyclic) bond motifs is 13. The molecule has 9 rings (SSSR count). The van der Waals surface area contributed by atoms with Gasteiger partial charge in [0.1, 0.15) is 0 Å². The predicted octanol–water partition coefficient (Wildman–Crippen LogP) is 11.3. The van der Waals surface area contributed by atoms with Crippen LogP contribution < -0.4 is 0 Å². The number of aromatic nitrogens is 1. The highest BCUT2D eigenvalue weighted by molar-refractivity contribution is 7.26. The molecule has 8 aromatic rings. The molecule has 0 spiro atoms. The number of nitrogens with zero attached hydrogens (tertiary/aromatic N) is 1. The Morgan fingerprint density at radius 2 is 1.00 bits per heavy atom. The summed E-state index contributed by atoms with van der Waals surface area (Å²) in [6.45, 7) is 0. The van der Waals surface area contributed by atoms with Crippen molar-refractivity contribution in [2.24, 2.45) is 0 Å². The van der Waals surface area contributed by atoms with Crippen molar-refractivity contribution in [2.45, 2.75) is 0 Å². The van der Waals surface area contributed by atoms with Crippen LogP contribution in [-0.4, -0.2) is 4.98 Å². The topological polar surface area (TPSA) is 12.9 Å². The maximum absolute atomic E-state index is 4.98. The lowest BCUT2D eigenvalue weighted by atomic mass is 9.78. The molecule has 2 heteroatoms. The van der Waals surface area contributed by atoms with Crippen molar-refractivity contribution in [3.63, 3.8) is 0 Å². The van der Waals surface area contributed by atoms with E-state index in [4.69, 9.17) is 4.98 Å². The maximum Gasteiger partial charge on any atom is 0.0786 e. The standard InChI is InChI=1S/C39H23NS/c1-2-12-26-25(11-1)27-13-3-4-15-30(27)37-34(22-21-24-10-9-23-40-38(24)37)36-29(26)16-7-17-31(36)33-19-8-18-32-28-14-5-6-20-35(28)41-39(32)33/h1-23H. The highest BCUT2D eigenvalue weighted by atomic mass is 32.1. The van der Waals surface area contributed by atoms with Gasteiger partial charge in [0, 0.05) is 42.9 Å². The van der Waals surface area contributed by atoms with Gasteiger partial charge in [0.25, 0.3) is 0 Å². The van der Waals surface area contributed by atoms with Gasteiger partial charge in [0.05, 0.1) is 5.52 Å². The van der Waals surface area contributed by atoms with Crippen molar-refractivity contribution in [3.05, 3.63) is 140 Å². The zero-order chi connectivity index (χ0) is 26.9. The van der Waals surface area contributed by atoms with Gasteiger partial charge in [-0.25, -0.2) is 0 Å².